The van der Waals surface area contributed by atoms with Gasteiger partial charge in [-0.3, -0.25) is 4.99 Å². The van der Waals surface area contributed by atoms with Gasteiger partial charge < -0.3 is 15.5 Å². The molecule has 0 bridgehead atoms. The van der Waals surface area contributed by atoms with E-state index in [0.29, 0.717) is 11.5 Å². The van der Waals surface area contributed by atoms with Gasteiger partial charge in [-0.2, -0.15) is 0 Å². The van der Waals surface area contributed by atoms with Crippen molar-refractivity contribution in [2.75, 3.05) is 26.7 Å². The lowest BCUT2D eigenvalue weighted by atomic mass is 9.83. The van der Waals surface area contributed by atoms with Gasteiger partial charge in [0, 0.05) is 38.8 Å². The number of nitrogens with one attached hydrogen (secondary N) is 2. The largest absolute Gasteiger partial charge is 0.356 e. The second-order valence-corrected chi connectivity index (χ2v) is 7.67. The third kappa shape index (κ3) is 5.21. The molecule has 134 valence electrons. The Hall–Kier alpha value is -0.0400. The molecule has 0 amide bonds. The predicted molar refractivity (Wildman–Crippen MR) is 109 cm³/mol. The summed E-state index contributed by atoms with van der Waals surface area (Å²) in [6.07, 6.45) is 12.2. The van der Waals surface area contributed by atoms with Gasteiger partial charge in [-0.15, -0.1) is 24.0 Å². The fraction of sp³-hybridized carbons (Fsp3) is 0.944. The van der Waals surface area contributed by atoms with E-state index in [4.69, 9.17) is 0 Å². The predicted octanol–water partition coefficient (Wildman–Crippen LogP) is 3.37. The molecule has 0 unspecified atom stereocenters. The highest BCUT2D eigenvalue weighted by Crippen LogP contribution is 2.40. The monoisotopic (exact) mass is 434 g/mol. The molecular weight excluding hydrogens is 399 g/mol. The van der Waals surface area contributed by atoms with Gasteiger partial charge >= 0.3 is 0 Å². The molecule has 2 aliphatic carbocycles. The first kappa shape index (κ1) is 19.3. The van der Waals surface area contributed by atoms with E-state index < -0.39 is 0 Å². The average Bonchev–Trinajstić information content (AvgIpc) is 3.31. The number of nitrogens with zero attached hydrogens (tertiary/aromatic N) is 2. The first-order valence-electron chi connectivity index (χ1n) is 9.46. The van der Waals surface area contributed by atoms with Crippen LogP contribution < -0.4 is 10.6 Å². The van der Waals surface area contributed by atoms with Crippen molar-refractivity contribution in [2.45, 2.75) is 76.8 Å². The maximum atomic E-state index is 4.46. The Kier molecular flexibility index (Phi) is 7.45. The molecule has 0 aromatic carbocycles. The molecule has 3 aliphatic rings. The maximum Gasteiger partial charge on any atom is 0.191 e. The van der Waals surface area contributed by atoms with Gasteiger partial charge in [-0.1, -0.05) is 19.8 Å². The number of likely N-dealkylation sites (tertiary alicyclic amines) is 1. The van der Waals surface area contributed by atoms with Crippen molar-refractivity contribution in [2.24, 2.45) is 10.4 Å². The summed E-state index contributed by atoms with van der Waals surface area (Å²) in [4.78, 5) is 7.14. The molecule has 5 heteroatoms. The molecule has 2 saturated carbocycles. The number of hydrogen-bond acceptors (Lipinski definition) is 2. The van der Waals surface area contributed by atoms with Crippen LogP contribution in [0.15, 0.2) is 4.99 Å². The lowest BCUT2D eigenvalue weighted by Gasteiger charge is -2.34. The van der Waals surface area contributed by atoms with Gasteiger partial charge in [0.2, 0.25) is 0 Å². The van der Waals surface area contributed by atoms with Crippen molar-refractivity contribution < 1.29 is 0 Å². The Morgan fingerprint density at radius 1 is 1.13 bits per heavy atom. The number of aliphatic imine (C=N–C) groups is 1. The van der Waals surface area contributed by atoms with Crippen LogP contribution in [0.4, 0.5) is 0 Å². The SMILES string of the molecule is CCC1(CNC(=NC)NC2CCN(C3CC3)CC2)CCCC1.I. The molecule has 1 heterocycles. The van der Waals surface area contributed by atoms with Gasteiger partial charge in [0.1, 0.15) is 0 Å². The summed E-state index contributed by atoms with van der Waals surface area (Å²) in [5.41, 5.74) is 0.521. The van der Waals surface area contributed by atoms with Crippen molar-refractivity contribution in [3.63, 3.8) is 0 Å². The third-order valence-electron chi connectivity index (χ3n) is 6.20. The molecule has 0 aromatic heterocycles. The van der Waals surface area contributed by atoms with Crippen LogP contribution in [0.2, 0.25) is 0 Å². The number of piperidine rings is 1. The van der Waals surface area contributed by atoms with E-state index in [1.807, 2.05) is 7.05 Å². The van der Waals surface area contributed by atoms with E-state index >= 15 is 0 Å². The standard InChI is InChI=1S/C18H34N4.HI/c1-3-18(10-4-5-11-18)14-20-17(19-2)21-15-8-12-22(13-9-15)16-6-7-16;/h15-16H,3-14H2,1-2H3,(H2,19,20,21);1H. The summed E-state index contributed by atoms with van der Waals surface area (Å²) in [5.74, 6) is 1.02. The summed E-state index contributed by atoms with van der Waals surface area (Å²) >= 11 is 0. The summed E-state index contributed by atoms with van der Waals surface area (Å²) in [6.45, 7) is 5.96. The first-order chi connectivity index (χ1) is 10.7. The fourth-order valence-corrected chi connectivity index (χ4v) is 4.29. The smallest absolute Gasteiger partial charge is 0.191 e. The van der Waals surface area contributed by atoms with Crippen molar-refractivity contribution >= 4 is 29.9 Å². The molecule has 4 nitrogen and oxygen atoms in total. The van der Waals surface area contributed by atoms with Crippen LogP contribution in [0.25, 0.3) is 0 Å². The Morgan fingerprint density at radius 2 is 1.78 bits per heavy atom. The van der Waals surface area contributed by atoms with Crippen LogP contribution >= 0.6 is 24.0 Å². The lowest BCUT2D eigenvalue weighted by Crippen LogP contribution is -2.50. The Bertz CT molecular complexity index is 380. The normalized spacial score (nSPS) is 25.9. The van der Waals surface area contributed by atoms with E-state index in [1.54, 1.807) is 0 Å². The number of hydrogen-bond donors (Lipinski definition) is 2. The molecule has 2 N–H and O–H groups in total. The molecular formula is C18H35IN4. The van der Waals surface area contributed by atoms with Gasteiger partial charge in [-0.05, 0) is 50.4 Å². The van der Waals surface area contributed by atoms with E-state index in [9.17, 15) is 0 Å². The first-order valence-corrected chi connectivity index (χ1v) is 9.46. The molecule has 3 fully saturated rings. The molecule has 0 radical (unpaired) electrons. The molecule has 0 atom stereocenters. The fourth-order valence-electron chi connectivity index (χ4n) is 4.29. The van der Waals surface area contributed by atoms with Crippen molar-refractivity contribution in [1.82, 2.24) is 15.5 Å². The number of guanidine groups is 1. The number of halogens is 1. The van der Waals surface area contributed by atoms with E-state index in [-0.39, 0.29) is 24.0 Å². The highest BCUT2D eigenvalue weighted by molar-refractivity contribution is 14.0. The van der Waals surface area contributed by atoms with Crippen LogP contribution in [-0.2, 0) is 0 Å². The maximum absolute atomic E-state index is 4.46. The van der Waals surface area contributed by atoms with Crippen LogP contribution in [0.3, 0.4) is 0 Å². The van der Waals surface area contributed by atoms with Crippen LogP contribution in [0.5, 0.6) is 0 Å². The van der Waals surface area contributed by atoms with Crippen molar-refractivity contribution in [1.29, 1.82) is 0 Å². The Labute approximate surface area is 159 Å². The highest BCUT2D eigenvalue weighted by atomic mass is 127. The van der Waals surface area contributed by atoms with Crippen LogP contribution in [0.1, 0.15) is 64.7 Å². The molecule has 0 aromatic rings. The average molecular weight is 434 g/mol. The van der Waals surface area contributed by atoms with Gasteiger partial charge in [-0.25, -0.2) is 0 Å². The minimum atomic E-state index is 0. The zero-order valence-corrected chi connectivity index (χ0v) is 17.3. The van der Waals surface area contributed by atoms with Gasteiger partial charge in [0.15, 0.2) is 5.96 Å². The second-order valence-electron chi connectivity index (χ2n) is 7.67. The molecule has 1 saturated heterocycles. The molecule has 3 rings (SSSR count). The number of rotatable bonds is 5. The second kappa shape index (κ2) is 8.88. The Balaban J connectivity index is 0.00000192. The topological polar surface area (TPSA) is 39.7 Å². The zero-order chi connectivity index (χ0) is 15.4. The van der Waals surface area contributed by atoms with Gasteiger partial charge in [0.05, 0.1) is 0 Å². The molecule has 0 spiro atoms. The lowest BCUT2D eigenvalue weighted by molar-refractivity contribution is 0.197. The van der Waals surface area contributed by atoms with Crippen LogP contribution in [-0.4, -0.2) is 49.6 Å². The van der Waals surface area contributed by atoms with E-state index in [2.05, 4.69) is 27.4 Å². The van der Waals surface area contributed by atoms with Crippen LogP contribution in [0, 0.1) is 5.41 Å². The quantitative estimate of drug-likeness (QED) is 0.396. The Morgan fingerprint density at radius 3 is 2.30 bits per heavy atom. The molecule has 23 heavy (non-hydrogen) atoms. The van der Waals surface area contributed by atoms with Crippen molar-refractivity contribution in [3.8, 4) is 0 Å². The zero-order valence-electron chi connectivity index (χ0n) is 14.9. The molecule has 1 aliphatic heterocycles. The van der Waals surface area contributed by atoms with E-state index in [1.165, 1.54) is 70.9 Å². The summed E-state index contributed by atoms with van der Waals surface area (Å²) in [7, 11) is 1.90. The van der Waals surface area contributed by atoms with E-state index in [0.717, 1.165) is 18.5 Å². The minimum absolute atomic E-state index is 0. The summed E-state index contributed by atoms with van der Waals surface area (Å²) in [5, 5.41) is 7.29. The highest BCUT2D eigenvalue weighted by Gasteiger charge is 2.33. The van der Waals surface area contributed by atoms with Gasteiger partial charge in [0.25, 0.3) is 0 Å². The minimum Gasteiger partial charge on any atom is -0.356 e. The van der Waals surface area contributed by atoms with Crippen molar-refractivity contribution in [3.05, 3.63) is 0 Å². The third-order valence-corrected chi connectivity index (χ3v) is 6.20. The summed E-state index contributed by atoms with van der Waals surface area (Å²) in [6, 6.07) is 1.52. The summed E-state index contributed by atoms with van der Waals surface area (Å²) < 4.78 is 0.